The van der Waals surface area contributed by atoms with Crippen LogP contribution in [0.3, 0.4) is 0 Å². The van der Waals surface area contributed by atoms with E-state index < -0.39 is 0 Å². The monoisotopic (exact) mass is 290 g/mol. The molecule has 1 N–H and O–H groups in total. The molecule has 6 heteroatoms. The number of thiophene rings is 1. The van der Waals surface area contributed by atoms with Crippen LogP contribution >= 0.6 is 11.3 Å². The van der Waals surface area contributed by atoms with Crippen LogP contribution in [-0.4, -0.2) is 34.0 Å². The normalized spacial score (nSPS) is 15.4. The number of anilines is 1. The number of aryl methyl sites for hydroxylation is 2. The molecule has 1 fully saturated rings. The average molecular weight is 290 g/mol. The topological polar surface area (TPSA) is 52.2 Å². The Hall–Kier alpha value is -1.82. The molecule has 2 aromatic heterocycles. The van der Waals surface area contributed by atoms with Crippen molar-refractivity contribution >= 4 is 22.4 Å². The van der Waals surface area contributed by atoms with E-state index in [1.807, 2.05) is 16.7 Å². The summed E-state index contributed by atoms with van der Waals surface area (Å²) in [5.41, 5.74) is 3.23. The molecule has 0 unspecified atom stereocenters. The molecule has 1 aliphatic heterocycles. The summed E-state index contributed by atoms with van der Waals surface area (Å²) < 4.78 is 0. The second kappa shape index (κ2) is 5.28. The summed E-state index contributed by atoms with van der Waals surface area (Å²) in [6.45, 7) is 6.20. The highest BCUT2D eigenvalue weighted by Crippen LogP contribution is 2.31. The number of aromatic amines is 1. The first-order valence-electron chi connectivity index (χ1n) is 6.82. The van der Waals surface area contributed by atoms with E-state index in [1.165, 1.54) is 5.56 Å². The zero-order chi connectivity index (χ0) is 14.1. The zero-order valence-electron chi connectivity index (χ0n) is 11.7. The van der Waals surface area contributed by atoms with Crippen molar-refractivity contribution in [3.8, 4) is 0 Å². The van der Waals surface area contributed by atoms with Crippen molar-refractivity contribution in [3.63, 3.8) is 0 Å². The molecule has 20 heavy (non-hydrogen) atoms. The fourth-order valence-electron chi connectivity index (χ4n) is 2.48. The first-order chi connectivity index (χ1) is 9.70. The minimum absolute atomic E-state index is 0.0875. The maximum absolute atomic E-state index is 12.5. The molecule has 5 nitrogen and oxygen atoms in total. The number of amides is 2. The van der Waals surface area contributed by atoms with E-state index in [4.69, 9.17) is 0 Å². The quantitative estimate of drug-likeness (QED) is 0.941. The van der Waals surface area contributed by atoms with Gasteiger partial charge >= 0.3 is 6.03 Å². The van der Waals surface area contributed by atoms with Crippen LogP contribution in [0.1, 0.15) is 23.9 Å². The zero-order valence-corrected chi connectivity index (χ0v) is 12.5. The smallest absolute Gasteiger partial charge is 0.325 e. The lowest BCUT2D eigenvalue weighted by molar-refractivity contribution is 0.218. The number of hydrogen-bond acceptors (Lipinski definition) is 3. The molecule has 0 spiro atoms. The fourth-order valence-corrected chi connectivity index (χ4v) is 3.50. The van der Waals surface area contributed by atoms with E-state index in [1.54, 1.807) is 17.7 Å². The van der Waals surface area contributed by atoms with Gasteiger partial charge in [0.05, 0.1) is 18.6 Å². The van der Waals surface area contributed by atoms with Crippen LogP contribution in [0.4, 0.5) is 9.80 Å². The Morgan fingerprint density at radius 3 is 3.00 bits per heavy atom. The molecule has 0 aliphatic carbocycles. The van der Waals surface area contributed by atoms with Crippen LogP contribution in [0.15, 0.2) is 17.8 Å². The van der Waals surface area contributed by atoms with Gasteiger partial charge in [0.15, 0.2) is 0 Å². The van der Waals surface area contributed by atoms with Crippen LogP contribution < -0.4 is 4.90 Å². The van der Waals surface area contributed by atoms with Crippen molar-refractivity contribution in [2.45, 2.75) is 26.8 Å². The van der Waals surface area contributed by atoms with Gasteiger partial charge in [0.25, 0.3) is 0 Å². The molecule has 3 rings (SSSR count). The molecular weight excluding hydrogens is 272 g/mol. The molecule has 2 aromatic rings. The largest absolute Gasteiger partial charge is 0.348 e. The Morgan fingerprint density at radius 2 is 2.30 bits per heavy atom. The first kappa shape index (κ1) is 13.2. The Morgan fingerprint density at radius 1 is 1.45 bits per heavy atom. The predicted octanol–water partition coefficient (Wildman–Crippen LogP) is 2.78. The van der Waals surface area contributed by atoms with Gasteiger partial charge in [-0.25, -0.2) is 9.78 Å². The minimum Gasteiger partial charge on any atom is -0.348 e. The van der Waals surface area contributed by atoms with Crippen LogP contribution in [-0.2, 0) is 13.0 Å². The molecule has 1 saturated heterocycles. The summed E-state index contributed by atoms with van der Waals surface area (Å²) in [5, 5.41) is 3.15. The summed E-state index contributed by atoms with van der Waals surface area (Å²) in [5.74, 6) is 0. The number of hydrogen-bond donors (Lipinski definition) is 1. The number of rotatable bonds is 4. The molecule has 0 atom stereocenters. The first-order valence-corrected chi connectivity index (χ1v) is 7.70. The van der Waals surface area contributed by atoms with Crippen molar-refractivity contribution in [1.82, 2.24) is 14.9 Å². The lowest BCUT2D eigenvalue weighted by Gasteiger charge is -2.18. The maximum Gasteiger partial charge on any atom is 0.325 e. The van der Waals surface area contributed by atoms with Gasteiger partial charge in [-0.2, -0.15) is 0 Å². The number of aromatic nitrogens is 2. The highest BCUT2D eigenvalue weighted by molar-refractivity contribution is 7.14. The van der Waals surface area contributed by atoms with E-state index in [0.717, 1.165) is 35.9 Å². The molecule has 3 heterocycles. The average Bonchev–Trinajstić information content (AvgIpc) is 3.13. The van der Waals surface area contributed by atoms with Crippen LogP contribution in [0.5, 0.6) is 0 Å². The van der Waals surface area contributed by atoms with Gasteiger partial charge < -0.3 is 9.88 Å². The van der Waals surface area contributed by atoms with Gasteiger partial charge in [-0.15, -0.1) is 11.3 Å². The summed E-state index contributed by atoms with van der Waals surface area (Å²) in [7, 11) is 0. The molecule has 2 amide bonds. The number of imidazole rings is 1. The number of nitrogens with zero attached hydrogens (tertiary/aromatic N) is 3. The van der Waals surface area contributed by atoms with Gasteiger partial charge in [-0.1, -0.05) is 6.92 Å². The summed E-state index contributed by atoms with van der Waals surface area (Å²) in [4.78, 5) is 23.6. The van der Waals surface area contributed by atoms with Crippen molar-refractivity contribution in [2.75, 3.05) is 18.0 Å². The Labute approximate surface area is 122 Å². The SMILES string of the molecule is CCc1ccsc1N1CCN(Cc2nc[nH]c2C)C1=O. The van der Waals surface area contributed by atoms with Crippen molar-refractivity contribution in [2.24, 2.45) is 0 Å². The van der Waals surface area contributed by atoms with Gasteiger partial charge in [0, 0.05) is 18.8 Å². The van der Waals surface area contributed by atoms with E-state index in [-0.39, 0.29) is 6.03 Å². The molecule has 1 aliphatic rings. The Bertz CT molecular complexity index is 618. The third-order valence-electron chi connectivity index (χ3n) is 3.72. The van der Waals surface area contributed by atoms with E-state index in [0.29, 0.717) is 6.54 Å². The second-order valence-corrected chi connectivity index (χ2v) is 5.83. The summed E-state index contributed by atoms with van der Waals surface area (Å²) in [6, 6.07) is 2.19. The summed E-state index contributed by atoms with van der Waals surface area (Å²) >= 11 is 1.64. The molecular formula is C14H18N4OS. The number of carbonyl (C=O) groups is 1. The minimum atomic E-state index is 0.0875. The molecule has 0 aromatic carbocycles. The van der Waals surface area contributed by atoms with Crippen molar-refractivity contribution < 1.29 is 4.79 Å². The lowest BCUT2D eigenvalue weighted by Crippen LogP contribution is -2.31. The molecule has 0 saturated carbocycles. The van der Waals surface area contributed by atoms with Crippen LogP contribution in [0, 0.1) is 6.92 Å². The lowest BCUT2D eigenvalue weighted by atomic mass is 10.2. The second-order valence-electron chi connectivity index (χ2n) is 4.93. The van der Waals surface area contributed by atoms with E-state index >= 15 is 0 Å². The fraction of sp³-hybridized carbons (Fsp3) is 0.429. The van der Waals surface area contributed by atoms with Crippen LogP contribution in [0.25, 0.3) is 0 Å². The van der Waals surface area contributed by atoms with Gasteiger partial charge in [-0.3, -0.25) is 4.90 Å². The number of H-pyrrole nitrogens is 1. The van der Waals surface area contributed by atoms with Gasteiger partial charge in [0.1, 0.15) is 5.00 Å². The standard InChI is InChI=1S/C14H18N4OS/c1-3-11-4-7-20-13(11)18-6-5-17(14(18)19)8-12-10(2)15-9-16-12/h4,7,9H,3,5-6,8H2,1-2H3,(H,15,16). The number of urea groups is 1. The molecule has 0 bridgehead atoms. The Balaban J connectivity index is 1.76. The third-order valence-corrected chi connectivity index (χ3v) is 4.70. The van der Waals surface area contributed by atoms with Crippen molar-refractivity contribution in [3.05, 3.63) is 34.7 Å². The van der Waals surface area contributed by atoms with E-state index in [2.05, 4.69) is 28.3 Å². The molecule has 0 radical (unpaired) electrons. The molecule has 106 valence electrons. The predicted molar refractivity (Wildman–Crippen MR) is 80.2 cm³/mol. The highest BCUT2D eigenvalue weighted by Gasteiger charge is 2.31. The Kier molecular flexibility index (Phi) is 3.48. The summed E-state index contributed by atoms with van der Waals surface area (Å²) in [6.07, 6.45) is 2.64. The van der Waals surface area contributed by atoms with Crippen molar-refractivity contribution in [1.29, 1.82) is 0 Å². The highest BCUT2D eigenvalue weighted by atomic mass is 32.1. The number of nitrogens with one attached hydrogen (secondary N) is 1. The van der Waals surface area contributed by atoms with Gasteiger partial charge in [0.2, 0.25) is 0 Å². The van der Waals surface area contributed by atoms with Gasteiger partial charge in [-0.05, 0) is 30.4 Å². The van der Waals surface area contributed by atoms with Crippen LogP contribution in [0.2, 0.25) is 0 Å². The maximum atomic E-state index is 12.5. The van der Waals surface area contributed by atoms with E-state index in [9.17, 15) is 4.79 Å². The number of carbonyl (C=O) groups excluding carboxylic acids is 1. The third kappa shape index (κ3) is 2.20.